The zero-order valence-electron chi connectivity index (χ0n) is 13.5. The molecule has 0 amide bonds. The number of fused-ring (bicyclic) bond motifs is 1. The number of aliphatic hydroxyl groups is 2. The van der Waals surface area contributed by atoms with Crippen LogP contribution in [0.25, 0.3) is 10.9 Å². The summed E-state index contributed by atoms with van der Waals surface area (Å²) < 4.78 is 0. The van der Waals surface area contributed by atoms with E-state index >= 15 is 0 Å². The smallest absolute Gasteiger partial charge is 0.335 e. The van der Waals surface area contributed by atoms with Crippen LogP contribution in [-0.2, 0) is 16.0 Å². The van der Waals surface area contributed by atoms with Crippen molar-refractivity contribution >= 4 is 22.8 Å². The molecule has 8 heteroatoms. The molecule has 0 radical (unpaired) electrons. The fourth-order valence-electron chi connectivity index (χ4n) is 2.23. The zero-order valence-corrected chi connectivity index (χ0v) is 13.5. The van der Waals surface area contributed by atoms with Crippen molar-refractivity contribution < 1.29 is 30.0 Å². The van der Waals surface area contributed by atoms with Crippen LogP contribution in [0.15, 0.2) is 18.2 Å². The molecule has 7 N–H and O–H groups in total. The van der Waals surface area contributed by atoms with Crippen LogP contribution >= 0.6 is 0 Å². The van der Waals surface area contributed by atoms with Gasteiger partial charge in [-0.15, -0.1) is 0 Å². The molecule has 0 saturated carbocycles. The highest BCUT2D eigenvalue weighted by Gasteiger charge is 2.29. The predicted octanol–water partition coefficient (Wildman–Crippen LogP) is 0.163. The summed E-state index contributed by atoms with van der Waals surface area (Å²) >= 11 is 0. The van der Waals surface area contributed by atoms with Crippen LogP contribution in [0.5, 0.6) is 0 Å². The number of aliphatic carboxylic acids is 2. The molecule has 0 aliphatic rings. The van der Waals surface area contributed by atoms with Crippen LogP contribution in [0.2, 0.25) is 0 Å². The molecule has 0 aliphatic carbocycles. The van der Waals surface area contributed by atoms with Gasteiger partial charge >= 0.3 is 11.9 Å². The van der Waals surface area contributed by atoms with Crippen LogP contribution in [0.3, 0.4) is 0 Å². The van der Waals surface area contributed by atoms with Gasteiger partial charge in [0.15, 0.2) is 12.2 Å². The first-order valence-corrected chi connectivity index (χ1v) is 7.28. The molecule has 1 aromatic carbocycles. The topological polar surface area (TPSA) is 157 Å². The minimum atomic E-state index is -2.27. The predicted molar refractivity (Wildman–Crippen MR) is 87.8 cm³/mol. The van der Waals surface area contributed by atoms with E-state index in [4.69, 9.17) is 26.2 Å². The fraction of sp³-hybridized carbons (Fsp3) is 0.375. The van der Waals surface area contributed by atoms with Crippen molar-refractivity contribution in [3.05, 3.63) is 35.0 Å². The third kappa shape index (κ3) is 4.79. The summed E-state index contributed by atoms with van der Waals surface area (Å²) in [5.74, 6) is -3.54. The molecule has 2 atom stereocenters. The lowest BCUT2D eigenvalue weighted by atomic mass is 10.1. The molecule has 0 fully saturated rings. The fourth-order valence-corrected chi connectivity index (χ4v) is 2.23. The number of nitrogens with one attached hydrogen (secondary N) is 1. The third-order valence-corrected chi connectivity index (χ3v) is 3.47. The lowest BCUT2D eigenvalue weighted by Crippen LogP contribution is -2.39. The summed E-state index contributed by atoms with van der Waals surface area (Å²) in [6, 6.07) is 6.49. The van der Waals surface area contributed by atoms with Gasteiger partial charge in [0.1, 0.15) is 0 Å². The molecule has 2 rings (SSSR count). The first-order chi connectivity index (χ1) is 11.2. The lowest BCUT2D eigenvalue weighted by molar-refractivity contribution is -0.165. The summed E-state index contributed by atoms with van der Waals surface area (Å²) in [5, 5.41) is 33.9. The third-order valence-electron chi connectivity index (χ3n) is 3.47. The largest absolute Gasteiger partial charge is 0.479 e. The molecule has 8 nitrogen and oxygen atoms in total. The van der Waals surface area contributed by atoms with E-state index in [0.717, 1.165) is 6.42 Å². The summed E-state index contributed by atoms with van der Waals surface area (Å²) in [6.45, 7) is 4.94. The average Bonchev–Trinajstić information content (AvgIpc) is 2.82. The molecule has 0 saturated heterocycles. The molecule has 0 unspecified atom stereocenters. The van der Waals surface area contributed by atoms with E-state index in [1.807, 2.05) is 0 Å². The SMILES string of the molecule is Cc1ccc2[nH]c(C)c(CCN)c2c1.O=C(O)[C@H](O)[C@@H](O)C(=O)O. The second-order valence-electron chi connectivity index (χ2n) is 5.38. The second-order valence-corrected chi connectivity index (χ2v) is 5.38. The lowest BCUT2D eigenvalue weighted by Gasteiger charge is -2.07. The van der Waals surface area contributed by atoms with Crippen molar-refractivity contribution in [2.45, 2.75) is 32.5 Å². The number of aromatic amines is 1. The van der Waals surface area contributed by atoms with E-state index in [0.29, 0.717) is 6.54 Å². The van der Waals surface area contributed by atoms with E-state index < -0.39 is 24.1 Å². The van der Waals surface area contributed by atoms with E-state index in [1.54, 1.807) is 0 Å². The van der Waals surface area contributed by atoms with Gasteiger partial charge in [-0.1, -0.05) is 11.6 Å². The van der Waals surface area contributed by atoms with Crippen molar-refractivity contribution in [1.29, 1.82) is 0 Å². The van der Waals surface area contributed by atoms with Crippen LogP contribution in [-0.4, -0.2) is 56.1 Å². The molecule has 0 aliphatic heterocycles. The van der Waals surface area contributed by atoms with Gasteiger partial charge in [0.2, 0.25) is 0 Å². The standard InChI is InChI=1S/C12H16N2.C4H6O6/c1-8-3-4-12-11(7-8)10(5-6-13)9(2)14-12;5-1(3(7)8)2(6)4(9)10/h3-4,7,14H,5-6,13H2,1-2H3;1-2,5-6H,(H,7,8)(H,9,10)/t;1-,2-/m.1/s1. The number of carbonyl (C=O) groups is 2. The number of aliphatic hydroxyl groups excluding tert-OH is 2. The molecular weight excluding hydrogens is 316 g/mol. The maximum atomic E-state index is 9.77. The Kier molecular flexibility index (Phi) is 6.90. The highest BCUT2D eigenvalue weighted by atomic mass is 16.4. The molecule has 0 spiro atoms. The molecule has 0 bridgehead atoms. The maximum Gasteiger partial charge on any atom is 0.335 e. The van der Waals surface area contributed by atoms with Crippen molar-refractivity contribution in [2.24, 2.45) is 5.73 Å². The Balaban J connectivity index is 0.000000257. The highest BCUT2D eigenvalue weighted by Crippen LogP contribution is 2.23. The first kappa shape index (κ1) is 19.6. The summed E-state index contributed by atoms with van der Waals surface area (Å²) in [5.41, 5.74) is 10.7. The van der Waals surface area contributed by atoms with Gasteiger partial charge in [-0.25, -0.2) is 9.59 Å². The minimum absolute atomic E-state index is 0.710. The number of rotatable bonds is 5. The van der Waals surface area contributed by atoms with E-state index in [1.165, 1.54) is 27.7 Å². The number of hydrogen-bond acceptors (Lipinski definition) is 5. The van der Waals surface area contributed by atoms with Gasteiger partial charge < -0.3 is 31.1 Å². The van der Waals surface area contributed by atoms with Crippen molar-refractivity contribution in [3.63, 3.8) is 0 Å². The normalized spacial score (nSPS) is 13.0. The molecule has 1 aromatic heterocycles. The van der Waals surface area contributed by atoms with Gasteiger partial charge in [-0.05, 0) is 44.5 Å². The zero-order chi connectivity index (χ0) is 18.4. The Hall–Kier alpha value is -2.42. The van der Waals surface area contributed by atoms with Crippen molar-refractivity contribution in [2.75, 3.05) is 6.54 Å². The van der Waals surface area contributed by atoms with E-state index in [2.05, 4.69) is 37.0 Å². The molecule has 132 valence electrons. The van der Waals surface area contributed by atoms with E-state index in [9.17, 15) is 9.59 Å². The number of aromatic nitrogens is 1. The summed E-state index contributed by atoms with van der Waals surface area (Å²) in [7, 11) is 0. The summed E-state index contributed by atoms with van der Waals surface area (Å²) in [6.07, 6.45) is -3.58. The average molecular weight is 338 g/mol. The number of nitrogens with two attached hydrogens (primary N) is 1. The molecule has 1 heterocycles. The van der Waals surface area contributed by atoms with Crippen LogP contribution in [0.1, 0.15) is 16.8 Å². The number of carboxylic acid groups (broad SMARTS) is 2. The van der Waals surface area contributed by atoms with Gasteiger partial charge in [-0.3, -0.25) is 0 Å². The van der Waals surface area contributed by atoms with Gasteiger partial charge in [-0.2, -0.15) is 0 Å². The molecule has 24 heavy (non-hydrogen) atoms. The van der Waals surface area contributed by atoms with Crippen LogP contribution in [0, 0.1) is 13.8 Å². The molecule has 2 aromatic rings. The Morgan fingerprint density at radius 1 is 1.12 bits per heavy atom. The number of hydrogen-bond donors (Lipinski definition) is 6. The van der Waals surface area contributed by atoms with Gasteiger partial charge in [0.25, 0.3) is 0 Å². The quantitative estimate of drug-likeness (QED) is 0.453. The van der Waals surface area contributed by atoms with Gasteiger partial charge in [0, 0.05) is 16.6 Å². The number of H-pyrrole nitrogens is 1. The van der Waals surface area contributed by atoms with Crippen molar-refractivity contribution in [1.82, 2.24) is 4.98 Å². The minimum Gasteiger partial charge on any atom is -0.479 e. The number of benzene rings is 1. The van der Waals surface area contributed by atoms with Crippen molar-refractivity contribution in [3.8, 4) is 0 Å². The van der Waals surface area contributed by atoms with Crippen LogP contribution < -0.4 is 5.73 Å². The number of aryl methyl sites for hydroxylation is 2. The Bertz CT molecular complexity index is 707. The monoisotopic (exact) mass is 338 g/mol. The maximum absolute atomic E-state index is 9.77. The number of carboxylic acids is 2. The summed E-state index contributed by atoms with van der Waals surface area (Å²) in [4.78, 5) is 22.9. The van der Waals surface area contributed by atoms with Crippen LogP contribution in [0.4, 0.5) is 0 Å². The Labute approximate surface area is 138 Å². The molecular formula is C16H22N2O6. The van der Waals surface area contributed by atoms with E-state index in [-0.39, 0.29) is 0 Å². The highest BCUT2D eigenvalue weighted by molar-refractivity contribution is 5.85. The van der Waals surface area contributed by atoms with Gasteiger partial charge in [0.05, 0.1) is 0 Å². The second kappa shape index (κ2) is 8.44. The Morgan fingerprint density at radius 2 is 1.67 bits per heavy atom. The first-order valence-electron chi connectivity index (χ1n) is 7.28. The Morgan fingerprint density at radius 3 is 2.12 bits per heavy atom.